The van der Waals surface area contributed by atoms with Gasteiger partial charge in [0, 0.05) is 0 Å². The molecular formula is C21H20O2. The minimum absolute atomic E-state index is 0.579. The molecule has 0 radical (unpaired) electrons. The van der Waals surface area contributed by atoms with Crippen LogP contribution in [0.15, 0.2) is 84.9 Å². The summed E-state index contributed by atoms with van der Waals surface area (Å²) < 4.78 is 11.6. The van der Waals surface area contributed by atoms with Gasteiger partial charge in [0.1, 0.15) is 12.4 Å². The monoisotopic (exact) mass is 304 g/mol. The van der Waals surface area contributed by atoms with Crippen molar-refractivity contribution in [1.82, 2.24) is 0 Å². The molecule has 3 aromatic rings. The van der Waals surface area contributed by atoms with Gasteiger partial charge >= 0.3 is 0 Å². The number of benzene rings is 3. The molecule has 0 N–H and O–H groups in total. The normalized spacial score (nSPS) is 10.4. The maximum absolute atomic E-state index is 5.84. The summed E-state index contributed by atoms with van der Waals surface area (Å²) >= 11 is 0. The standard InChI is InChI=1S/C21H20O2/c1-3-8-18(9-4-1)15-22-16-20-12-7-13-21(14-20)23-17-19-10-5-2-6-11-19/h1-14H,15-17H2. The Kier molecular flexibility index (Phi) is 5.43. The van der Waals surface area contributed by atoms with E-state index in [0.717, 1.165) is 11.3 Å². The van der Waals surface area contributed by atoms with Gasteiger partial charge < -0.3 is 9.47 Å². The van der Waals surface area contributed by atoms with Crippen molar-refractivity contribution in [1.29, 1.82) is 0 Å². The Hall–Kier alpha value is -2.58. The van der Waals surface area contributed by atoms with Crippen LogP contribution >= 0.6 is 0 Å². The van der Waals surface area contributed by atoms with Crippen molar-refractivity contribution in [3.05, 3.63) is 102 Å². The molecular weight excluding hydrogens is 284 g/mol. The Morgan fingerprint density at radius 1 is 0.522 bits per heavy atom. The van der Waals surface area contributed by atoms with E-state index in [1.807, 2.05) is 54.6 Å². The number of hydrogen-bond acceptors (Lipinski definition) is 2. The molecule has 0 fully saturated rings. The molecule has 3 aromatic carbocycles. The van der Waals surface area contributed by atoms with Crippen molar-refractivity contribution in [3.8, 4) is 5.75 Å². The lowest BCUT2D eigenvalue weighted by Crippen LogP contribution is -1.97. The van der Waals surface area contributed by atoms with E-state index < -0.39 is 0 Å². The highest BCUT2D eigenvalue weighted by Crippen LogP contribution is 2.16. The van der Waals surface area contributed by atoms with Crippen molar-refractivity contribution in [2.45, 2.75) is 19.8 Å². The SMILES string of the molecule is c1ccc(COCc2cccc(OCc3ccccc3)c2)cc1. The zero-order valence-electron chi connectivity index (χ0n) is 13.0. The second-order valence-electron chi connectivity index (χ2n) is 5.40. The summed E-state index contributed by atoms with van der Waals surface area (Å²) in [6.07, 6.45) is 0. The van der Waals surface area contributed by atoms with Crippen LogP contribution in [0.5, 0.6) is 5.75 Å². The van der Waals surface area contributed by atoms with E-state index in [4.69, 9.17) is 9.47 Å². The lowest BCUT2D eigenvalue weighted by molar-refractivity contribution is 0.107. The van der Waals surface area contributed by atoms with Gasteiger partial charge in [0.2, 0.25) is 0 Å². The molecule has 2 heteroatoms. The van der Waals surface area contributed by atoms with E-state index in [0.29, 0.717) is 19.8 Å². The summed E-state index contributed by atoms with van der Waals surface area (Å²) in [5, 5.41) is 0. The first-order valence-electron chi connectivity index (χ1n) is 7.77. The summed E-state index contributed by atoms with van der Waals surface area (Å²) in [4.78, 5) is 0. The Morgan fingerprint density at radius 3 is 1.78 bits per heavy atom. The molecule has 0 heterocycles. The highest BCUT2D eigenvalue weighted by atomic mass is 16.5. The summed E-state index contributed by atoms with van der Waals surface area (Å²) in [6.45, 7) is 1.78. The van der Waals surface area contributed by atoms with Crippen LogP contribution in [0.4, 0.5) is 0 Å². The van der Waals surface area contributed by atoms with Crippen LogP contribution in [-0.2, 0) is 24.6 Å². The van der Waals surface area contributed by atoms with Crippen LogP contribution in [0.2, 0.25) is 0 Å². The molecule has 0 unspecified atom stereocenters. The molecule has 0 saturated heterocycles. The van der Waals surface area contributed by atoms with E-state index in [9.17, 15) is 0 Å². The predicted octanol–water partition coefficient (Wildman–Crippen LogP) is 4.98. The third kappa shape index (κ3) is 4.97. The highest BCUT2D eigenvalue weighted by molar-refractivity contribution is 5.28. The second-order valence-corrected chi connectivity index (χ2v) is 5.40. The number of rotatable bonds is 7. The van der Waals surface area contributed by atoms with Crippen molar-refractivity contribution in [3.63, 3.8) is 0 Å². The molecule has 3 rings (SSSR count). The zero-order chi connectivity index (χ0) is 15.7. The predicted molar refractivity (Wildman–Crippen MR) is 92.2 cm³/mol. The maximum Gasteiger partial charge on any atom is 0.120 e. The van der Waals surface area contributed by atoms with Crippen molar-refractivity contribution in [2.75, 3.05) is 0 Å². The third-order valence-corrected chi connectivity index (χ3v) is 3.53. The fourth-order valence-corrected chi connectivity index (χ4v) is 2.33. The minimum Gasteiger partial charge on any atom is -0.489 e. The third-order valence-electron chi connectivity index (χ3n) is 3.53. The molecule has 23 heavy (non-hydrogen) atoms. The van der Waals surface area contributed by atoms with Gasteiger partial charge in [-0.15, -0.1) is 0 Å². The van der Waals surface area contributed by atoms with Crippen molar-refractivity contribution in [2.24, 2.45) is 0 Å². The van der Waals surface area contributed by atoms with E-state index in [1.165, 1.54) is 11.1 Å². The van der Waals surface area contributed by atoms with E-state index in [2.05, 4.69) is 30.3 Å². The first-order chi connectivity index (χ1) is 11.4. The molecule has 0 saturated carbocycles. The van der Waals surface area contributed by atoms with Crippen LogP contribution in [0.1, 0.15) is 16.7 Å². The molecule has 0 spiro atoms. The van der Waals surface area contributed by atoms with Gasteiger partial charge in [-0.3, -0.25) is 0 Å². The molecule has 0 aromatic heterocycles. The lowest BCUT2D eigenvalue weighted by atomic mass is 10.2. The number of ether oxygens (including phenoxy) is 2. The average molecular weight is 304 g/mol. The summed E-state index contributed by atoms with van der Waals surface area (Å²) in [5.74, 6) is 0.870. The molecule has 2 nitrogen and oxygen atoms in total. The fourth-order valence-electron chi connectivity index (χ4n) is 2.33. The van der Waals surface area contributed by atoms with E-state index in [-0.39, 0.29) is 0 Å². The van der Waals surface area contributed by atoms with Crippen LogP contribution in [0, 0.1) is 0 Å². The largest absolute Gasteiger partial charge is 0.489 e. The van der Waals surface area contributed by atoms with Gasteiger partial charge in [-0.1, -0.05) is 72.8 Å². The number of hydrogen-bond donors (Lipinski definition) is 0. The zero-order valence-corrected chi connectivity index (χ0v) is 13.0. The Balaban J connectivity index is 1.51. The minimum atomic E-state index is 0.579. The van der Waals surface area contributed by atoms with Crippen LogP contribution in [0.25, 0.3) is 0 Å². The Bertz CT molecular complexity index is 708. The van der Waals surface area contributed by atoms with Crippen LogP contribution < -0.4 is 4.74 Å². The van der Waals surface area contributed by atoms with Gasteiger partial charge in [0.25, 0.3) is 0 Å². The smallest absolute Gasteiger partial charge is 0.120 e. The molecule has 0 amide bonds. The lowest BCUT2D eigenvalue weighted by Gasteiger charge is -2.09. The van der Waals surface area contributed by atoms with E-state index >= 15 is 0 Å². The van der Waals surface area contributed by atoms with Crippen molar-refractivity contribution >= 4 is 0 Å². The van der Waals surface area contributed by atoms with E-state index in [1.54, 1.807) is 0 Å². The maximum atomic E-state index is 5.84. The van der Waals surface area contributed by atoms with Gasteiger partial charge in [-0.05, 0) is 28.8 Å². The Labute approximate surface area is 137 Å². The Morgan fingerprint density at radius 2 is 1.09 bits per heavy atom. The molecule has 0 bridgehead atoms. The first-order valence-corrected chi connectivity index (χ1v) is 7.77. The van der Waals surface area contributed by atoms with Gasteiger partial charge in [-0.25, -0.2) is 0 Å². The molecule has 0 atom stereocenters. The molecule has 0 aliphatic carbocycles. The quantitative estimate of drug-likeness (QED) is 0.612. The highest BCUT2D eigenvalue weighted by Gasteiger charge is 1.99. The fraction of sp³-hybridized carbons (Fsp3) is 0.143. The van der Waals surface area contributed by atoms with Crippen LogP contribution in [-0.4, -0.2) is 0 Å². The van der Waals surface area contributed by atoms with Crippen LogP contribution in [0.3, 0.4) is 0 Å². The topological polar surface area (TPSA) is 18.5 Å². The molecule has 0 aliphatic heterocycles. The summed E-state index contributed by atoms with van der Waals surface area (Å²) in [6, 6.07) is 28.4. The van der Waals surface area contributed by atoms with Crippen molar-refractivity contribution < 1.29 is 9.47 Å². The first kappa shape index (κ1) is 15.3. The average Bonchev–Trinajstić information content (AvgIpc) is 2.62. The van der Waals surface area contributed by atoms with Gasteiger partial charge in [0.15, 0.2) is 0 Å². The molecule has 116 valence electrons. The summed E-state index contributed by atoms with van der Waals surface area (Å²) in [5.41, 5.74) is 3.47. The summed E-state index contributed by atoms with van der Waals surface area (Å²) in [7, 11) is 0. The molecule has 0 aliphatic rings. The van der Waals surface area contributed by atoms with Gasteiger partial charge in [0.05, 0.1) is 13.2 Å². The van der Waals surface area contributed by atoms with Gasteiger partial charge in [-0.2, -0.15) is 0 Å². The second kappa shape index (κ2) is 8.16.